The Labute approximate surface area is 112 Å². The molecule has 0 aromatic heterocycles. The summed E-state index contributed by atoms with van der Waals surface area (Å²) in [6.07, 6.45) is 2.85. The van der Waals surface area contributed by atoms with Crippen molar-refractivity contribution in [3.05, 3.63) is 0 Å². The van der Waals surface area contributed by atoms with Crippen LogP contribution in [0.3, 0.4) is 0 Å². The highest BCUT2D eigenvalue weighted by Gasteiger charge is 2.42. The van der Waals surface area contributed by atoms with Crippen LogP contribution in [0, 0.1) is 11.8 Å². The summed E-state index contributed by atoms with van der Waals surface area (Å²) in [5.74, 6) is -2.96. The number of nitrogens with one attached hydrogen (secondary N) is 1. The molecule has 0 aliphatic heterocycles. The van der Waals surface area contributed by atoms with Crippen molar-refractivity contribution >= 4 is 23.3 Å². The monoisotopic (exact) mass is 265 g/mol. The van der Waals surface area contributed by atoms with Crippen LogP contribution in [0.4, 0.5) is 0 Å². The van der Waals surface area contributed by atoms with Gasteiger partial charge in [0.2, 0.25) is 5.91 Å². The van der Waals surface area contributed by atoms with E-state index in [4.69, 9.17) is 0 Å². The molecule has 0 aromatic carbocycles. The van der Waals surface area contributed by atoms with Gasteiger partial charge in [0, 0.05) is 25.3 Å². The van der Waals surface area contributed by atoms with Crippen molar-refractivity contribution in [1.29, 1.82) is 0 Å². The Balaban J connectivity index is 1.97. The zero-order chi connectivity index (χ0) is 14.0. The topological polar surface area (TPSA) is 80.3 Å². The van der Waals surface area contributed by atoms with E-state index < -0.39 is 11.8 Å². The molecule has 0 radical (unpaired) electrons. The largest absolute Gasteiger partial charge is 0.353 e. The molecule has 0 spiro atoms. The molecule has 0 unspecified atom stereocenters. The minimum atomic E-state index is -1.11. The first-order valence-corrected chi connectivity index (χ1v) is 6.91. The van der Waals surface area contributed by atoms with Crippen LogP contribution in [-0.2, 0) is 19.2 Å². The molecular formula is C14H19NO4. The molecular weight excluding hydrogens is 246 g/mol. The highest BCUT2D eigenvalue weighted by Crippen LogP contribution is 2.27. The normalized spacial score (nSPS) is 27.2. The van der Waals surface area contributed by atoms with E-state index >= 15 is 0 Å². The maximum Gasteiger partial charge on any atom is 0.224 e. The van der Waals surface area contributed by atoms with Crippen molar-refractivity contribution < 1.29 is 19.2 Å². The van der Waals surface area contributed by atoms with Gasteiger partial charge < -0.3 is 5.32 Å². The molecule has 2 saturated carbocycles. The Morgan fingerprint density at radius 3 is 2.21 bits per heavy atom. The number of carbonyl (C=O) groups excluding carboxylic acids is 4. The number of carbonyl (C=O) groups is 4. The predicted molar refractivity (Wildman–Crippen MR) is 67.3 cm³/mol. The lowest BCUT2D eigenvalue weighted by Crippen LogP contribution is -2.44. The zero-order valence-corrected chi connectivity index (χ0v) is 11.1. The Morgan fingerprint density at radius 1 is 1.16 bits per heavy atom. The molecule has 19 heavy (non-hydrogen) atoms. The molecule has 2 aliphatic rings. The van der Waals surface area contributed by atoms with Gasteiger partial charge in [-0.3, -0.25) is 19.2 Å². The second-order valence-corrected chi connectivity index (χ2v) is 5.47. The van der Waals surface area contributed by atoms with Crippen LogP contribution in [0.5, 0.6) is 0 Å². The van der Waals surface area contributed by atoms with E-state index in [2.05, 4.69) is 5.32 Å². The van der Waals surface area contributed by atoms with Gasteiger partial charge in [0.05, 0.1) is 5.92 Å². The number of hydrogen-bond donors (Lipinski definition) is 1. The van der Waals surface area contributed by atoms with Gasteiger partial charge in [-0.1, -0.05) is 6.92 Å². The summed E-state index contributed by atoms with van der Waals surface area (Å²) in [5, 5.41) is 2.81. The number of Topliss-reactive ketones (excluding diaryl/α,β-unsaturated/α-hetero) is 3. The van der Waals surface area contributed by atoms with Gasteiger partial charge >= 0.3 is 0 Å². The molecule has 1 amide bonds. The Hall–Kier alpha value is -1.52. The van der Waals surface area contributed by atoms with Gasteiger partial charge in [-0.15, -0.1) is 0 Å². The zero-order valence-electron chi connectivity index (χ0n) is 11.1. The first-order valence-electron chi connectivity index (χ1n) is 6.91. The first-order chi connectivity index (χ1) is 9.02. The van der Waals surface area contributed by atoms with Crippen molar-refractivity contribution in [2.24, 2.45) is 11.8 Å². The van der Waals surface area contributed by atoms with Gasteiger partial charge in [-0.05, 0) is 19.3 Å². The van der Waals surface area contributed by atoms with E-state index in [1.165, 1.54) is 0 Å². The van der Waals surface area contributed by atoms with Crippen LogP contribution in [0.1, 0.15) is 45.4 Å². The fourth-order valence-electron chi connectivity index (χ4n) is 2.46. The molecule has 2 rings (SSSR count). The second-order valence-electron chi connectivity index (χ2n) is 5.47. The quantitative estimate of drug-likeness (QED) is 0.745. The first kappa shape index (κ1) is 13.9. The van der Waals surface area contributed by atoms with Crippen LogP contribution >= 0.6 is 0 Å². The van der Waals surface area contributed by atoms with E-state index in [9.17, 15) is 19.2 Å². The summed E-state index contributed by atoms with van der Waals surface area (Å²) < 4.78 is 0. The van der Waals surface area contributed by atoms with Crippen molar-refractivity contribution in [3.63, 3.8) is 0 Å². The van der Waals surface area contributed by atoms with Crippen LogP contribution in [0.2, 0.25) is 0 Å². The summed E-state index contributed by atoms with van der Waals surface area (Å²) in [6, 6.07) is 0.220. The molecule has 0 heterocycles. The SMILES string of the molecule is CCCC(=O)C1C(=O)CC(C(=O)NC2CC2)CC1=O. The molecule has 2 fully saturated rings. The Kier molecular flexibility index (Phi) is 4.12. The summed E-state index contributed by atoms with van der Waals surface area (Å²) >= 11 is 0. The summed E-state index contributed by atoms with van der Waals surface area (Å²) in [4.78, 5) is 47.4. The molecule has 0 aromatic rings. The third-order valence-electron chi connectivity index (χ3n) is 3.65. The van der Waals surface area contributed by atoms with Gasteiger partial charge in [-0.25, -0.2) is 0 Å². The summed E-state index contributed by atoms with van der Waals surface area (Å²) in [6.45, 7) is 1.83. The lowest BCUT2D eigenvalue weighted by Gasteiger charge is -2.24. The molecule has 0 atom stereocenters. The average molecular weight is 265 g/mol. The summed E-state index contributed by atoms with van der Waals surface area (Å²) in [7, 11) is 0. The van der Waals surface area contributed by atoms with Crippen molar-refractivity contribution in [3.8, 4) is 0 Å². The molecule has 5 nitrogen and oxygen atoms in total. The van der Waals surface area contributed by atoms with Gasteiger partial charge in [-0.2, -0.15) is 0 Å². The minimum Gasteiger partial charge on any atom is -0.353 e. The van der Waals surface area contributed by atoms with Crippen molar-refractivity contribution in [2.45, 2.75) is 51.5 Å². The van der Waals surface area contributed by atoms with E-state index in [1.54, 1.807) is 0 Å². The van der Waals surface area contributed by atoms with Gasteiger partial charge in [0.25, 0.3) is 0 Å². The highest BCUT2D eigenvalue weighted by molar-refractivity contribution is 6.21. The number of amides is 1. The van der Waals surface area contributed by atoms with Crippen LogP contribution in [-0.4, -0.2) is 29.3 Å². The van der Waals surface area contributed by atoms with Gasteiger partial charge in [0.15, 0.2) is 17.3 Å². The fraction of sp³-hybridized carbons (Fsp3) is 0.714. The summed E-state index contributed by atoms with van der Waals surface area (Å²) in [5.41, 5.74) is 0. The second kappa shape index (κ2) is 5.63. The lowest BCUT2D eigenvalue weighted by atomic mass is 9.77. The maximum atomic E-state index is 11.9. The Morgan fingerprint density at radius 2 is 1.74 bits per heavy atom. The van der Waals surface area contributed by atoms with Crippen LogP contribution in [0.25, 0.3) is 0 Å². The molecule has 104 valence electrons. The lowest BCUT2D eigenvalue weighted by molar-refractivity contribution is -0.147. The Bertz CT molecular complexity index is 407. The molecule has 0 saturated heterocycles. The average Bonchev–Trinajstić information content (AvgIpc) is 3.12. The van der Waals surface area contributed by atoms with E-state index in [0.717, 1.165) is 12.8 Å². The van der Waals surface area contributed by atoms with Gasteiger partial charge in [0.1, 0.15) is 5.92 Å². The molecule has 5 heteroatoms. The van der Waals surface area contributed by atoms with Crippen molar-refractivity contribution in [2.75, 3.05) is 0 Å². The van der Waals surface area contributed by atoms with E-state index in [-0.39, 0.29) is 48.6 Å². The maximum absolute atomic E-state index is 11.9. The third kappa shape index (κ3) is 3.28. The van der Waals surface area contributed by atoms with Crippen LogP contribution < -0.4 is 5.32 Å². The number of rotatable bonds is 5. The third-order valence-corrected chi connectivity index (χ3v) is 3.65. The number of ketones is 3. The van der Waals surface area contributed by atoms with Crippen LogP contribution in [0.15, 0.2) is 0 Å². The van der Waals surface area contributed by atoms with E-state index in [0.29, 0.717) is 6.42 Å². The fourth-order valence-corrected chi connectivity index (χ4v) is 2.46. The predicted octanol–water partition coefficient (Wildman–Crippen LogP) is 0.799. The molecule has 0 bridgehead atoms. The highest BCUT2D eigenvalue weighted by atomic mass is 16.2. The van der Waals surface area contributed by atoms with Crippen molar-refractivity contribution in [1.82, 2.24) is 5.32 Å². The molecule has 2 aliphatic carbocycles. The van der Waals surface area contributed by atoms with E-state index in [1.807, 2.05) is 6.92 Å². The molecule has 1 N–H and O–H groups in total. The minimum absolute atomic E-state index is 0.0183. The smallest absolute Gasteiger partial charge is 0.224 e. The number of hydrogen-bond acceptors (Lipinski definition) is 4. The standard InChI is InChI=1S/C14H19NO4/c1-2-3-10(16)13-11(17)6-8(7-12(13)18)14(19)15-9-4-5-9/h8-9,13H,2-7H2,1H3,(H,15,19).